The second-order valence-electron chi connectivity index (χ2n) is 10.6. The second-order valence-corrected chi connectivity index (χ2v) is 12.0. The van der Waals surface area contributed by atoms with Gasteiger partial charge in [0.1, 0.15) is 0 Å². The molecule has 0 spiro atoms. The van der Waals surface area contributed by atoms with E-state index < -0.39 is 5.60 Å². The van der Waals surface area contributed by atoms with E-state index in [0.29, 0.717) is 16.6 Å². The summed E-state index contributed by atoms with van der Waals surface area (Å²) in [7, 11) is 0. The maximum absolute atomic E-state index is 10.5. The number of thioether (sulfide) groups is 1. The van der Waals surface area contributed by atoms with E-state index in [0.717, 1.165) is 57.1 Å². The molecule has 0 heterocycles. The lowest BCUT2D eigenvalue weighted by Gasteiger charge is -2.42. The maximum atomic E-state index is 10.5. The first-order valence-corrected chi connectivity index (χ1v) is 14.0. The molecule has 0 saturated heterocycles. The second kappa shape index (κ2) is 11.1. The van der Waals surface area contributed by atoms with Crippen molar-refractivity contribution in [3.8, 4) is 0 Å². The van der Waals surface area contributed by atoms with Crippen molar-refractivity contribution in [2.45, 2.75) is 122 Å². The average Bonchev–Trinajstić information content (AvgIpc) is 3.12. The molecule has 4 atom stereocenters. The summed E-state index contributed by atoms with van der Waals surface area (Å²) in [5, 5.41) is 21.1. The predicted molar refractivity (Wildman–Crippen MR) is 135 cm³/mol. The monoisotopic (exact) mass is 446 g/mol. The molecule has 3 rings (SSSR count). The SMILES string of the molecule is CCC(O)(CC)CCCSC(C)C1=CCC2/C(=C/C=C3/CCCC(O)C3)CCCC12C. The summed E-state index contributed by atoms with van der Waals surface area (Å²) < 4.78 is 0. The molecular formula is C28H46O2S. The van der Waals surface area contributed by atoms with E-state index in [1.165, 1.54) is 31.3 Å². The van der Waals surface area contributed by atoms with Gasteiger partial charge in [-0.15, -0.1) is 0 Å². The molecule has 0 aromatic carbocycles. The lowest BCUT2D eigenvalue weighted by molar-refractivity contribution is 0.0232. The van der Waals surface area contributed by atoms with Gasteiger partial charge in [-0.2, -0.15) is 11.8 Å². The zero-order chi connectivity index (χ0) is 22.5. The van der Waals surface area contributed by atoms with E-state index in [9.17, 15) is 10.2 Å². The van der Waals surface area contributed by atoms with Crippen LogP contribution in [0.2, 0.25) is 0 Å². The molecular weight excluding hydrogens is 400 g/mol. The molecule has 2 nitrogen and oxygen atoms in total. The van der Waals surface area contributed by atoms with Crippen LogP contribution >= 0.6 is 11.8 Å². The summed E-state index contributed by atoms with van der Waals surface area (Å²) in [4.78, 5) is 0. The van der Waals surface area contributed by atoms with Crippen molar-refractivity contribution in [3.63, 3.8) is 0 Å². The summed E-state index contributed by atoms with van der Waals surface area (Å²) in [5.74, 6) is 1.80. The Morgan fingerprint density at radius 1 is 1.23 bits per heavy atom. The molecule has 0 bridgehead atoms. The van der Waals surface area contributed by atoms with E-state index in [2.05, 4.69) is 57.7 Å². The van der Waals surface area contributed by atoms with Gasteiger partial charge in [0, 0.05) is 5.25 Å². The Labute approximate surface area is 195 Å². The smallest absolute Gasteiger partial charge is 0.0642 e. The first kappa shape index (κ1) is 25.1. The number of allylic oxidation sites excluding steroid dienone is 4. The van der Waals surface area contributed by atoms with Crippen molar-refractivity contribution in [1.82, 2.24) is 0 Å². The van der Waals surface area contributed by atoms with Gasteiger partial charge in [-0.05, 0) is 101 Å². The molecule has 176 valence electrons. The Morgan fingerprint density at radius 2 is 2.00 bits per heavy atom. The molecule has 0 aliphatic heterocycles. The molecule has 3 aliphatic rings. The van der Waals surface area contributed by atoms with E-state index in [4.69, 9.17) is 0 Å². The highest BCUT2D eigenvalue weighted by molar-refractivity contribution is 8.00. The van der Waals surface area contributed by atoms with Gasteiger partial charge in [-0.3, -0.25) is 0 Å². The molecule has 31 heavy (non-hydrogen) atoms. The van der Waals surface area contributed by atoms with Crippen LogP contribution in [0.25, 0.3) is 0 Å². The van der Waals surface area contributed by atoms with Crippen molar-refractivity contribution in [2.75, 3.05) is 5.75 Å². The number of fused-ring (bicyclic) bond motifs is 1. The molecule has 0 amide bonds. The molecule has 0 radical (unpaired) electrons. The van der Waals surface area contributed by atoms with Crippen molar-refractivity contribution in [3.05, 3.63) is 34.9 Å². The minimum absolute atomic E-state index is 0.127. The standard InChI is InChI=1S/C28H46O2S/c1-5-28(30,6-2)18-9-19-31-21(3)25-15-16-26-23(11-8-17-27(25,26)4)14-13-22-10-7-12-24(29)20-22/h13-15,21,24,26,29-30H,5-12,16-20H2,1-4H3/b22-13-,23-14+. The minimum atomic E-state index is -0.459. The Balaban J connectivity index is 1.58. The maximum Gasteiger partial charge on any atom is 0.0642 e. The molecule has 2 saturated carbocycles. The normalized spacial score (nSPS) is 32.9. The Hall–Kier alpha value is -0.510. The van der Waals surface area contributed by atoms with Crippen LogP contribution in [0.4, 0.5) is 0 Å². The molecule has 2 fully saturated rings. The fourth-order valence-corrected chi connectivity index (χ4v) is 7.49. The quantitative estimate of drug-likeness (QED) is 0.287. The van der Waals surface area contributed by atoms with Crippen LogP contribution in [-0.4, -0.2) is 32.9 Å². The third-order valence-corrected chi connectivity index (χ3v) is 9.86. The molecule has 0 aromatic heterocycles. The molecule has 2 N–H and O–H groups in total. The summed E-state index contributed by atoms with van der Waals surface area (Å²) >= 11 is 2.09. The topological polar surface area (TPSA) is 40.5 Å². The number of aliphatic hydroxyl groups is 2. The zero-order valence-electron chi connectivity index (χ0n) is 20.5. The first-order chi connectivity index (χ1) is 14.8. The highest BCUT2D eigenvalue weighted by Gasteiger charge is 2.46. The van der Waals surface area contributed by atoms with Crippen LogP contribution in [0.5, 0.6) is 0 Å². The summed E-state index contributed by atoms with van der Waals surface area (Å²) in [6.07, 6.45) is 20.1. The third kappa shape index (κ3) is 6.09. The van der Waals surface area contributed by atoms with E-state index >= 15 is 0 Å². The number of aliphatic hydroxyl groups excluding tert-OH is 1. The van der Waals surface area contributed by atoms with Gasteiger partial charge in [0.2, 0.25) is 0 Å². The van der Waals surface area contributed by atoms with Gasteiger partial charge in [-0.1, -0.05) is 55.7 Å². The summed E-state index contributed by atoms with van der Waals surface area (Å²) in [5.41, 5.74) is 4.61. The van der Waals surface area contributed by atoms with Crippen molar-refractivity contribution in [2.24, 2.45) is 11.3 Å². The van der Waals surface area contributed by atoms with Crippen LogP contribution in [0.1, 0.15) is 105 Å². The number of hydrogen-bond donors (Lipinski definition) is 2. The summed E-state index contributed by atoms with van der Waals surface area (Å²) in [6, 6.07) is 0. The van der Waals surface area contributed by atoms with Crippen LogP contribution < -0.4 is 0 Å². The average molecular weight is 447 g/mol. The van der Waals surface area contributed by atoms with Gasteiger partial charge in [0.05, 0.1) is 11.7 Å². The van der Waals surface area contributed by atoms with Crippen molar-refractivity contribution in [1.29, 1.82) is 0 Å². The predicted octanol–water partition coefficient (Wildman–Crippen LogP) is 7.36. The third-order valence-electron chi connectivity index (χ3n) is 8.59. The summed E-state index contributed by atoms with van der Waals surface area (Å²) in [6.45, 7) is 9.12. The van der Waals surface area contributed by atoms with Crippen molar-refractivity contribution >= 4 is 11.8 Å². The van der Waals surface area contributed by atoms with Crippen LogP contribution in [0.15, 0.2) is 34.9 Å². The lowest BCUT2D eigenvalue weighted by Crippen LogP contribution is -2.33. The van der Waals surface area contributed by atoms with Gasteiger partial charge in [0.25, 0.3) is 0 Å². The Kier molecular flexibility index (Phi) is 8.97. The van der Waals surface area contributed by atoms with Gasteiger partial charge < -0.3 is 10.2 Å². The fourth-order valence-electron chi connectivity index (χ4n) is 6.28. The molecule has 3 heteroatoms. The largest absolute Gasteiger partial charge is 0.393 e. The van der Waals surface area contributed by atoms with E-state index in [1.54, 1.807) is 11.1 Å². The van der Waals surface area contributed by atoms with Gasteiger partial charge in [-0.25, -0.2) is 0 Å². The van der Waals surface area contributed by atoms with Crippen LogP contribution in [0, 0.1) is 11.3 Å². The van der Waals surface area contributed by atoms with Gasteiger partial charge in [0.15, 0.2) is 0 Å². The number of hydrogen-bond acceptors (Lipinski definition) is 3. The molecule has 0 aromatic rings. The fraction of sp³-hybridized carbons (Fsp3) is 0.786. The minimum Gasteiger partial charge on any atom is -0.393 e. The Morgan fingerprint density at radius 3 is 2.71 bits per heavy atom. The van der Waals surface area contributed by atoms with Crippen LogP contribution in [-0.2, 0) is 0 Å². The highest BCUT2D eigenvalue weighted by atomic mass is 32.2. The van der Waals surface area contributed by atoms with E-state index in [-0.39, 0.29) is 6.10 Å². The molecule has 3 aliphatic carbocycles. The lowest BCUT2D eigenvalue weighted by atomic mass is 9.64. The van der Waals surface area contributed by atoms with Crippen molar-refractivity contribution < 1.29 is 10.2 Å². The Bertz CT molecular complexity index is 687. The highest BCUT2D eigenvalue weighted by Crippen LogP contribution is 2.56. The van der Waals surface area contributed by atoms with E-state index in [1.807, 2.05) is 0 Å². The zero-order valence-corrected chi connectivity index (χ0v) is 21.3. The first-order valence-electron chi connectivity index (χ1n) is 12.9. The molecule has 4 unspecified atom stereocenters. The van der Waals surface area contributed by atoms with Crippen LogP contribution in [0.3, 0.4) is 0 Å². The van der Waals surface area contributed by atoms with Gasteiger partial charge >= 0.3 is 0 Å². The number of rotatable bonds is 9.